The molecule has 1 saturated heterocycles. The quantitative estimate of drug-likeness (QED) is 0.423. The summed E-state index contributed by atoms with van der Waals surface area (Å²) < 4.78 is 0. The predicted molar refractivity (Wildman–Crippen MR) is 33.3 cm³/mol. The van der Waals surface area contributed by atoms with Crippen LogP contribution in [0.3, 0.4) is 0 Å². The normalized spacial score (nSPS) is 19.7. The van der Waals surface area contributed by atoms with Gasteiger partial charge in [-0.1, -0.05) is 0 Å². The molecule has 0 aromatic rings. The summed E-state index contributed by atoms with van der Waals surface area (Å²) in [7, 11) is 2.92. The summed E-state index contributed by atoms with van der Waals surface area (Å²) in [4.78, 5) is 4.03. The van der Waals surface area contributed by atoms with E-state index >= 15 is 0 Å². The molecule has 0 aromatic heterocycles. The highest BCUT2D eigenvalue weighted by Gasteiger charge is 2.15. The van der Waals surface area contributed by atoms with E-state index in [9.17, 15) is 5.21 Å². The first kappa shape index (κ1) is 7.11. The fraction of sp³-hybridized carbons (Fsp3) is 0.800. The van der Waals surface area contributed by atoms with Gasteiger partial charge in [0.15, 0.2) is 0 Å². The van der Waals surface area contributed by atoms with Gasteiger partial charge in [-0.2, -0.15) is 5.01 Å². The Balaban J connectivity index is 2.34. The molecule has 0 N–H and O–H groups in total. The van der Waals surface area contributed by atoms with Gasteiger partial charge in [-0.3, -0.25) is 0 Å². The molecule has 1 rings (SSSR count). The summed E-state index contributed by atoms with van der Waals surface area (Å²) in [5.74, 6) is 0. The highest BCUT2D eigenvalue weighted by atomic mass is 16.9. The minimum atomic E-state index is 0.116. The van der Waals surface area contributed by atoms with E-state index in [0.29, 0.717) is 0 Å². The molecule has 57 valence electrons. The van der Waals surface area contributed by atoms with Crippen LogP contribution in [0, 0.1) is 12.3 Å². The van der Waals surface area contributed by atoms with Crippen LogP contribution in [0.15, 0.2) is 5.22 Å². The molecule has 5 nitrogen and oxygen atoms in total. The molecule has 0 aliphatic carbocycles. The van der Waals surface area contributed by atoms with Crippen LogP contribution in [0.2, 0.25) is 0 Å². The van der Waals surface area contributed by atoms with Gasteiger partial charge in [0.05, 0.1) is 5.02 Å². The molecule has 10 heavy (non-hydrogen) atoms. The SMILES string of the molecule is [CH2]O/[N+]([O-])=N\N1CCCC1. The number of nitrogens with zero attached hydrogens (tertiary/aromatic N) is 3. The van der Waals surface area contributed by atoms with E-state index in [1.165, 1.54) is 0 Å². The van der Waals surface area contributed by atoms with Crippen molar-refractivity contribution < 1.29 is 9.86 Å². The van der Waals surface area contributed by atoms with Crippen LogP contribution in [-0.4, -0.2) is 23.1 Å². The Morgan fingerprint density at radius 2 is 2.10 bits per heavy atom. The highest BCUT2D eigenvalue weighted by Crippen LogP contribution is 2.06. The molecular weight excluding hydrogens is 134 g/mol. The zero-order valence-electron chi connectivity index (χ0n) is 5.69. The predicted octanol–water partition coefficient (Wildman–Crippen LogP) is 0.683. The van der Waals surface area contributed by atoms with Crippen LogP contribution in [0.5, 0.6) is 0 Å². The fourth-order valence-electron chi connectivity index (χ4n) is 0.919. The minimum Gasteiger partial charge on any atom is -0.456 e. The summed E-state index contributed by atoms with van der Waals surface area (Å²) in [5, 5.41) is 15.7. The maximum atomic E-state index is 10.4. The van der Waals surface area contributed by atoms with Crippen LogP contribution in [0.25, 0.3) is 0 Å². The molecule has 1 aliphatic heterocycles. The van der Waals surface area contributed by atoms with Gasteiger partial charge in [0.1, 0.15) is 18.3 Å². The second kappa shape index (κ2) is 3.24. The van der Waals surface area contributed by atoms with Crippen molar-refractivity contribution in [2.75, 3.05) is 13.1 Å². The Kier molecular flexibility index (Phi) is 2.30. The topological polar surface area (TPSA) is 50.9 Å². The molecule has 0 spiro atoms. The first-order valence-electron chi connectivity index (χ1n) is 3.19. The summed E-state index contributed by atoms with van der Waals surface area (Å²) in [5.41, 5.74) is 0. The van der Waals surface area contributed by atoms with E-state index in [-0.39, 0.29) is 5.02 Å². The van der Waals surface area contributed by atoms with Gasteiger partial charge >= 0.3 is 0 Å². The summed E-state index contributed by atoms with van der Waals surface area (Å²) in [6.07, 6.45) is 2.18. The maximum Gasteiger partial charge on any atom is 0.130 e. The minimum absolute atomic E-state index is 0.116. The lowest BCUT2D eigenvalue weighted by atomic mass is 10.4. The van der Waals surface area contributed by atoms with Gasteiger partial charge in [-0.15, -0.1) is 0 Å². The van der Waals surface area contributed by atoms with Crippen molar-refractivity contribution in [1.82, 2.24) is 5.01 Å². The molecule has 0 amide bonds. The van der Waals surface area contributed by atoms with Crippen molar-refractivity contribution in [2.24, 2.45) is 5.22 Å². The molecule has 0 saturated carbocycles. The lowest BCUT2D eigenvalue weighted by Crippen LogP contribution is -2.14. The van der Waals surface area contributed by atoms with Crippen LogP contribution in [0.1, 0.15) is 12.8 Å². The standard InChI is InChI=1S/C5H10N3O2/c1-10-8(9)6-7-4-2-3-5-7/h1-5H2/b8-6-. The Morgan fingerprint density at radius 3 is 2.60 bits per heavy atom. The molecule has 5 heteroatoms. The van der Waals surface area contributed by atoms with Crippen LogP contribution >= 0.6 is 0 Å². The number of hydrogen-bond donors (Lipinski definition) is 0. The number of hydrogen-bond acceptors (Lipinski definition) is 3. The summed E-state index contributed by atoms with van der Waals surface area (Å²) >= 11 is 0. The van der Waals surface area contributed by atoms with E-state index in [4.69, 9.17) is 0 Å². The lowest BCUT2D eigenvalue weighted by Gasteiger charge is -2.03. The highest BCUT2D eigenvalue weighted by molar-refractivity contribution is 4.58. The Morgan fingerprint density at radius 1 is 1.50 bits per heavy atom. The van der Waals surface area contributed by atoms with Gasteiger partial charge in [-0.05, 0) is 12.8 Å². The maximum absolute atomic E-state index is 10.4. The average molecular weight is 144 g/mol. The second-order valence-corrected chi connectivity index (χ2v) is 2.12. The Hall–Kier alpha value is -1.00. The van der Waals surface area contributed by atoms with Gasteiger partial charge in [0.2, 0.25) is 0 Å². The van der Waals surface area contributed by atoms with Crippen LogP contribution < -0.4 is 0 Å². The van der Waals surface area contributed by atoms with E-state index in [1.807, 2.05) is 0 Å². The Bertz CT molecular complexity index is 131. The molecule has 0 atom stereocenters. The van der Waals surface area contributed by atoms with Gasteiger partial charge in [0, 0.05) is 7.11 Å². The van der Waals surface area contributed by atoms with Crippen LogP contribution in [-0.2, 0) is 4.84 Å². The lowest BCUT2D eigenvalue weighted by molar-refractivity contribution is -0.782. The summed E-state index contributed by atoms with van der Waals surface area (Å²) in [6.45, 7) is 1.67. The van der Waals surface area contributed by atoms with E-state index in [1.54, 1.807) is 5.01 Å². The molecule has 1 heterocycles. The zero-order chi connectivity index (χ0) is 7.40. The third-order valence-electron chi connectivity index (χ3n) is 1.39. The molecule has 0 unspecified atom stereocenters. The average Bonchev–Trinajstić information content (AvgIpc) is 2.40. The Labute approximate surface area is 59.4 Å². The van der Waals surface area contributed by atoms with E-state index in [0.717, 1.165) is 25.9 Å². The van der Waals surface area contributed by atoms with Crippen molar-refractivity contribution in [3.63, 3.8) is 0 Å². The third kappa shape index (κ3) is 1.75. The first-order valence-corrected chi connectivity index (χ1v) is 3.19. The number of rotatable bonds is 2. The van der Waals surface area contributed by atoms with Crippen LogP contribution in [0.4, 0.5) is 0 Å². The molecule has 1 fully saturated rings. The largest absolute Gasteiger partial charge is 0.456 e. The van der Waals surface area contributed by atoms with Crippen molar-refractivity contribution in [2.45, 2.75) is 12.8 Å². The van der Waals surface area contributed by atoms with Crippen molar-refractivity contribution >= 4 is 0 Å². The monoisotopic (exact) mass is 144 g/mol. The summed E-state index contributed by atoms with van der Waals surface area (Å²) in [6, 6.07) is 0. The molecule has 1 radical (unpaired) electrons. The van der Waals surface area contributed by atoms with E-state index in [2.05, 4.69) is 17.2 Å². The van der Waals surface area contributed by atoms with E-state index < -0.39 is 0 Å². The second-order valence-electron chi connectivity index (χ2n) is 2.12. The van der Waals surface area contributed by atoms with Gasteiger partial charge in [0.25, 0.3) is 0 Å². The molecule has 1 aliphatic rings. The molecule has 0 bridgehead atoms. The first-order chi connectivity index (χ1) is 4.83. The van der Waals surface area contributed by atoms with Crippen molar-refractivity contribution in [3.8, 4) is 0 Å². The third-order valence-corrected chi connectivity index (χ3v) is 1.39. The van der Waals surface area contributed by atoms with Crippen molar-refractivity contribution in [3.05, 3.63) is 12.3 Å². The fourth-order valence-corrected chi connectivity index (χ4v) is 0.919. The molecule has 0 aromatic carbocycles. The van der Waals surface area contributed by atoms with Gasteiger partial charge < -0.3 is 10.0 Å². The zero-order valence-corrected chi connectivity index (χ0v) is 5.69. The molecular formula is C5H10N3O2. The van der Waals surface area contributed by atoms with Crippen molar-refractivity contribution in [1.29, 1.82) is 0 Å². The van der Waals surface area contributed by atoms with Gasteiger partial charge in [-0.25, -0.2) is 0 Å². The smallest absolute Gasteiger partial charge is 0.130 e.